The fourth-order valence-corrected chi connectivity index (χ4v) is 4.67. The SMILES string of the molecule is Nc1cc2[nH]c(C(=O)NCc3ccc(S(=O)(=O)c4cc(F)cc(F)c4)cc3)cc2c(Cl)n1. The number of nitrogens with two attached hydrogens (primary N) is 1. The molecule has 0 saturated heterocycles. The molecule has 32 heavy (non-hydrogen) atoms. The molecule has 0 aliphatic rings. The molecule has 0 bridgehead atoms. The van der Waals surface area contributed by atoms with E-state index in [4.69, 9.17) is 17.3 Å². The van der Waals surface area contributed by atoms with Crippen molar-refractivity contribution in [1.82, 2.24) is 15.3 Å². The van der Waals surface area contributed by atoms with Gasteiger partial charge in [-0.25, -0.2) is 22.2 Å². The van der Waals surface area contributed by atoms with Gasteiger partial charge in [-0.05, 0) is 35.9 Å². The van der Waals surface area contributed by atoms with Crippen LogP contribution in [0.3, 0.4) is 0 Å². The average molecular weight is 477 g/mol. The molecule has 0 unspecified atom stereocenters. The monoisotopic (exact) mass is 476 g/mol. The minimum atomic E-state index is -4.10. The Morgan fingerprint density at radius 3 is 2.34 bits per heavy atom. The number of nitrogens with zero attached hydrogens (tertiary/aromatic N) is 1. The van der Waals surface area contributed by atoms with E-state index >= 15 is 0 Å². The first-order chi connectivity index (χ1) is 15.1. The molecule has 2 aromatic carbocycles. The van der Waals surface area contributed by atoms with E-state index < -0.39 is 32.3 Å². The number of amides is 1. The quantitative estimate of drug-likeness (QED) is 0.378. The molecular weight excluding hydrogens is 462 g/mol. The second-order valence-electron chi connectivity index (χ2n) is 6.92. The normalized spacial score (nSPS) is 11.6. The highest BCUT2D eigenvalue weighted by Crippen LogP contribution is 2.25. The first-order valence-corrected chi connectivity index (χ1v) is 11.0. The molecule has 0 radical (unpaired) electrons. The van der Waals surface area contributed by atoms with Gasteiger partial charge in [0.25, 0.3) is 5.91 Å². The summed E-state index contributed by atoms with van der Waals surface area (Å²) in [5.74, 6) is -2.17. The summed E-state index contributed by atoms with van der Waals surface area (Å²) in [5.41, 5.74) is 7.07. The summed E-state index contributed by atoms with van der Waals surface area (Å²) >= 11 is 6.03. The van der Waals surface area contributed by atoms with Crippen molar-refractivity contribution >= 4 is 44.1 Å². The topological polar surface area (TPSA) is 118 Å². The van der Waals surface area contributed by atoms with Crippen LogP contribution in [-0.2, 0) is 16.4 Å². The molecule has 0 saturated carbocycles. The maximum atomic E-state index is 13.4. The first-order valence-electron chi connectivity index (χ1n) is 9.16. The smallest absolute Gasteiger partial charge is 0.267 e. The third kappa shape index (κ3) is 4.27. The lowest BCUT2D eigenvalue weighted by Gasteiger charge is -2.08. The molecule has 164 valence electrons. The molecule has 2 heterocycles. The number of anilines is 1. The van der Waals surface area contributed by atoms with Gasteiger partial charge in [-0.2, -0.15) is 0 Å². The average Bonchev–Trinajstić information content (AvgIpc) is 3.16. The van der Waals surface area contributed by atoms with Gasteiger partial charge in [0, 0.05) is 24.1 Å². The molecule has 2 aromatic heterocycles. The highest BCUT2D eigenvalue weighted by atomic mass is 35.5. The van der Waals surface area contributed by atoms with Crippen LogP contribution in [0.5, 0.6) is 0 Å². The Kier molecular flexibility index (Phi) is 5.57. The van der Waals surface area contributed by atoms with Crippen molar-refractivity contribution in [1.29, 1.82) is 0 Å². The van der Waals surface area contributed by atoms with Gasteiger partial charge in [-0.3, -0.25) is 4.79 Å². The number of carbonyl (C=O) groups excluding carboxylic acids is 1. The van der Waals surface area contributed by atoms with Gasteiger partial charge in [-0.1, -0.05) is 23.7 Å². The zero-order chi connectivity index (χ0) is 23.0. The van der Waals surface area contributed by atoms with Crippen LogP contribution in [-0.4, -0.2) is 24.3 Å². The summed E-state index contributed by atoms with van der Waals surface area (Å²) < 4.78 is 52.0. The standard InChI is InChI=1S/C21H15ClF2N4O3S/c22-20-16-8-18(27-17(16)9-19(25)28-20)21(29)26-10-11-1-3-14(4-2-11)32(30,31)15-6-12(23)5-13(24)7-15/h1-9,27H,10H2,(H2,25,28)(H,26,29). The number of hydrogen-bond donors (Lipinski definition) is 3. The van der Waals surface area contributed by atoms with E-state index in [0.717, 1.165) is 12.1 Å². The van der Waals surface area contributed by atoms with Crippen LogP contribution < -0.4 is 11.1 Å². The zero-order valence-corrected chi connectivity index (χ0v) is 17.8. The molecule has 0 fully saturated rings. The van der Waals surface area contributed by atoms with Crippen LogP contribution in [0.25, 0.3) is 10.9 Å². The maximum absolute atomic E-state index is 13.4. The van der Waals surface area contributed by atoms with E-state index in [9.17, 15) is 22.0 Å². The number of nitrogens with one attached hydrogen (secondary N) is 2. The van der Waals surface area contributed by atoms with Crippen LogP contribution in [0.2, 0.25) is 5.15 Å². The lowest BCUT2D eigenvalue weighted by atomic mass is 10.2. The van der Waals surface area contributed by atoms with Crippen molar-refractivity contribution in [3.8, 4) is 0 Å². The van der Waals surface area contributed by atoms with Gasteiger partial charge in [0.1, 0.15) is 28.3 Å². The molecule has 7 nitrogen and oxygen atoms in total. The summed E-state index contributed by atoms with van der Waals surface area (Å²) in [6, 6.07) is 10.8. The molecular formula is C21H15ClF2N4O3S. The third-order valence-corrected chi connectivity index (χ3v) is 6.70. The minimum Gasteiger partial charge on any atom is -0.384 e. The molecule has 0 aliphatic heterocycles. The van der Waals surface area contributed by atoms with Crippen LogP contribution in [0.15, 0.2) is 64.4 Å². The van der Waals surface area contributed by atoms with Crippen molar-refractivity contribution in [2.75, 3.05) is 5.73 Å². The van der Waals surface area contributed by atoms with Gasteiger partial charge in [0.2, 0.25) is 9.84 Å². The number of rotatable bonds is 5. The van der Waals surface area contributed by atoms with Crippen molar-refractivity contribution in [3.63, 3.8) is 0 Å². The number of halogens is 3. The second kappa shape index (κ2) is 8.21. The van der Waals surface area contributed by atoms with Gasteiger partial charge in [0.05, 0.1) is 15.3 Å². The van der Waals surface area contributed by atoms with Gasteiger partial charge in [-0.15, -0.1) is 0 Å². The Hall–Kier alpha value is -3.50. The summed E-state index contributed by atoms with van der Waals surface area (Å²) in [7, 11) is -4.10. The number of hydrogen-bond acceptors (Lipinski definition) is 5. The number of nitrogen functional groups attached to an aromatic ring is 1. The zero-order valence-electron chi connectivity index (χ0n) is 16.2. The van der Waals surface area contributed by atoms with Crippen LogP contribution in [0.1, 0.15) is 16.1 Å². The second-order valence-corrected chi connectivity index (χ2v) is 9.23. The highest BCUT2D eigenvalue weighted by molar-refractivity contribution is 7.91. The van der Waals surface area contributed by atoms with Crippen molar-refractivity contribution < 1.29 is 22.0 Å². The minimum absolute atomic E-state index is 0.108. The molecule has 4 rings (SSSR count). The Morgan fingerprint density at radius 1 is 1.03 bits per heavy atom. The fraction of sp³-hybridized carbons (Fsp3) is 0.0476. The Balaban J connectivity index is 1.48. The summed E-state index contributed by atoms with van der Waals surface area (Å²) in [6.45, 7) is 0.108. The fourth-order valence-electron chi connectivity index (χ4n) is 3.11. The van der Waals surface area contributed by atoms with E-state index in [-0.39, 0.29) is 28.1 Å². The summed E-state index contributed by atoms with van der Waals surface area (Å²) in [5, 5.41) is 3.42. The summed E-state index contributed by atoms with van der Waals surface area (Å²) in [4.78, 5) is 18.7. The largest absolute Gasteiger partial charge is 0.384 e. The van der Waals surface area contributed by atoms with Gasteiger partial charge in [0.15, 0.2) is 0 Å². The van der Waals surface area contributed by atoms with Crippen LogP contribution in [0.4, 0.5) is 14.6 Å². The Bertz CT molecular complexity index is 1430. The van der Waals surface area contributed by atoms with Crippen LogP contribution >= 0.6 is 11.6 Å². The molecule has 4 aromatic rings. The molecule has 4 N–H and O–H groups in total. The lowest BCUT2D eigenvalue weighted by Crippen LogP contribution is -2.23. The number of aromatic nitrogens is 2. The predicted octanol–water partition coefficient (Wildman–Crippen LogP) is 3.84. The maximum Gasteiger partial charge on any atom is 0.267 e. The number of H-pyrrole nitrogens is 1. The van der Waals surface area contributed by atoms with E-state index in [1.165, 1.54) is 24.3 Å². The lowest BCUT2D eigenvalue weighted by molar-refractivity contribution is 0.0946. The number of carbonyl (C=O) groups is 1. The Morgan fingerprint density at radius 2 is 1.69 bits per heavy atom. The van der Waals surface area contributed by atoms with Crippen molar-refractivity contribution in [3.05, 3.63) is 82.6 Å². The molecule has 0 spiro atoms. The summed E-state index contributed by atoms with van der Waals surface area (Å²) in [6.07, 6.45) is 0. The molecule has 0 atom stereocenters. The Labute approximate surface area is 186 Å². The molecule has 1 amide bonds. The van der Waals surface area contributed by atoms with Crippen LogP contribution in [0, 0.1) is 11.6 Å². The van der Waals surface area contributed by atoms with Crippen molar-refractivity contribution in [2.24, 2.45) is 0 Å². The van der Waals surface area contributed by atoms with E-state index in [1.807, 2.05) is 0 Å². The van der Waals surface area contributed by atoms with E-state index in [2.05, 4.69) is 15.3 Å². The first kappa shape index (κ1) is 21.7. The number of aromatic amines is 1. The number of sulfone groups is 1. The van der Waals surface area contributed by atoms with Crippen molar-refractivity contribution in [2.45, 2.75) is 16.3 Å². The van der Waals surface area contributed by atoms with Gasteiger partial charge >= 0.3 is 0 Å². The number of benzene rings is 2. The molecule has 0 aliphatic carbocycles. The predicted molar refractivity (Wildman–Crippen MR) is 115 cm³/mol. The third-order valence-electron chi connectivity index (χ3n) is 4.67. The number of fused-ring (bicyclic) bond motifs is 1. The number of pyridine rings is 1. The van der Waals surface area contributed by atoms with Gasteiger partial charge < -0.3 is 16.0 Å². The van der Waals surface area contributed by atoms with E-state index in [0.29, 0.717) is 22.5 Å². The highest BCUT2D eigenvalue weighted by Gasteiger charge is 2.20. The van der Waals surface area contributed by atoms with E-state index in [1.54, 1.807) is 12.1 Å². The molecule has 11 heteroatoms.